The SMILES string of the molecule is CCCCCNCCCCS(=O)(=O)c1ccc(Nc2ncc(NC(=O)c3cc(CO)ccc3C)cn2)cc1. The molecule has 0 spiro atoms. The van der Waals surface area contributed by atoms with Gasteiger partial charge < -0.3 is 21.1 Å². The molecule has 0 radical (unpaired) electrons. The van der Waals surface area contributed by atoms with E-state index < -0.39 is 9.84 Å². The molecule has 3 aromatic rings. The van der Waals surface area contributed by atoms with E-state index in [0.717, 1.165) is 31.5 Å². The summed E-state index contributed by atoms with van der Waals surface area (Å²) in [7, 11) is -3.34. The first-order valence-electron chi connectivity index (χ1n) is 13.0. The number of amides is 1. The van der Waals surface area contributed by atoms with Crippen molar-refractivity contribution in [1.29, 1.82) is 0 Å². The van der Waals surface area contributed by atoms with Crippen LogP contribution in [-0.2, 0) is 16.4 Å². The average molecular weight is 540 g/mol. The summed E-state index contributed by atoms with van der Waals surface area (Å²) in [4.78, 5) is 21.4. The van der Waals surface area contributed by atoms with Crippen LogP contribution in [0.3, 0.4) is 0 Å². The second-order valence-electron chi connectivity index (χ2n) is 9.19. The molecule has 0 atom stereocenters. The molecular weight excluding hydrogens is 502 g/mol. The third-order valence-electron chi connectivity index (χ3n) is 6.08. The molecule has 0 aliphatic carbocycles. The normalized spacial score (nSPS) is 11.3. The van der Waals surface area contributed by atoms with Crippen molar-refractivity contribution in [2.45, 2.75) is 57.5 Å². The zero-order chi connectivity index (χ0) is 27.4. The zero-order valence-corrected chi connectivity index (χ0v) is 22.9. The van der Waals surface area contributed by atoms with Gasteiger partial charge in [-0.15, -0.1) is 0 Å². The number of hydrogen-bond donors (Lipinski definition) is 4. The van der Waals surface area contributed by atoms with Crippen molar-refractivity contribution in [3.8, 4) is 0 Å². The first-order valence-corrected chi connectivity index (χ1v) is 14.6. The number of hydrogen-bond acceptors (Lipinski definition) is 8. The molecule has 38 heavy (non-hydrogen) atoms. The van der Waals surface area contributed by atoms with E-state index in [1.165, 1.54) is 25.2 Å². The number of aromatic nitrogens is 2. The Kier molecular flexibility index (Phi) is 11.2. The molecule has 1 heterocycles. The Bertz CT molecular complexity index is 1280. The predicted molar refractivity (Wildman–Crippen MR) is 150 cm³/mol. The molecule has 2 aromatic carbocycles. The van der Waals surface area contributed by atoms with Crippen molar-refractivity contribution in [2.75, 3.05) is 29.5 Å². The number of aliphatic hydroxyl groups excluding tert-OH is 1. The van der Waals surface area contributed by atoms with Gasteiger partial charge in [-0.2, -0.15) is 0 Å². The van der Waals surface area contributed by atoms with Crippen LogP contribution >= 0.6 is 0 Å². The number of nitrogens with one attached hydrogen (secondary N) is 3. The molecule has 0 fully saturated rings. The first kappa shape index (κ1) is 29.2. The van der Waals surface area contributed by atoms with Crippen molar-refractivity contribution in [2.24, 2.45) is 0 Å². The molecule has 0 saturated heterocycles. The molecule has 0 bridgehead atoms. The van der Waals surface area contributed by atoms with Gasteiger partial charge in [0.2, 0.25) is 5.95 Å². The molecule has 3 rings (SSSR count). The minimum Gasteiger partial charge on any atom is -0.392 e. The summed E-state index contributed by atoms with van der Waals surface area (Å²) < 4.78 is 25.3. The molecule has 9 nitrogen and oxygen atoms in total. The lowest BCUT2D eigenvalue weighted by molar-refractivity contribution is 0.102. The highest BCUT2D eigenvalue weighted by Gasteiger charge is 2.14. The van der Waals surface area contributed by atoms with Crippen LogP contribution < -0.4 is 16.0 Å². The van der Waals surface area contributed by atoms with Crippen molar-refractivity contribution in [1.82, 2.24) is 15.3 Å². The molecule has 0 aliphatic rings. The summed E-state index contributed by atoms with van der Waals surface area (Å²) >= 11 is 0. The van der Waals surface area contributed by atoms with Crippen molar-refractivity contribution >= 4 is 33.1 Å². The van der Waals surface area contributed by atoms with Crippen LogP contribution in [0, 0.1) is 6.92 Å². The summed E-state index contributed by atoms with van der Waals surface area (Å²) in [5, 5.41) is 18.5. The average Bonchev–Trinajstić information content (AvgIpc) is 2.92. The van der Waals surface area contributed by atoms with Crippen molar-refractivity contribution in [3.05, 3.63) is 71.5 Å². The topological polar surface area (TPSA) is 133 Å². The lowest BCUT2D eigenvalue weighted by Gasteiger charge is -2.10. The van der Waals surface area contributed by atoms with Crippen molar-refractivity contribution < 1.29 is 18.3 Å². The number of aliphatic hydroxyl groups is 1. The number of nitrogens with zero attached hydrogens (tertiary/aromatic N) is 2. The lowest BCUT2D eigenvalue weighted by Crippen LogP contribution is -2.17. The largest absolute Gasteiger partial charge is 0.392 e. The Labute approximate surface area is 225 Å². The predicted octanol–water partition coefficient (Wildman–Crippen LogP) is 4.61. The molecule has 0 saturated carbocycles. The van der Waals surface area contributed by atoms with Crippen LogP contribution in [0.15, 0.2) is 59.8 Å². The Morgan fingerprint density at radius 2 is 1.61 bits per heavy atom. The fourth-order valence-electron chi connectivity index (χ4n) is 3.83. The molecular formula is C28H37N5O4S. The van der Waals surface area contributed by atoms with Crippen molar-refractivity contribution in [3.63, 3.8) is 0 Å². The maximum atomic E-state index is 12.6. The van der Waals surface area contributed by atoms with Crippen LogP contribution in [0.1, 0.15) is 60.5 Å². The molecule has 10 heteroatoms. The number of aryl methyl sites for hydroxylation is 1. The van der Waals surface area contributed by atoms with Gasteiger partial charge in [0, 0.05) is 11.3 Å². The molecule has 204 valence electrons. The Morgan fingerprint density at radius 1 is 0.921 bits per heavy atom. The van der Waals surface area contributed by atoms with Crippen LogP contribution in [0.4, 0.5) is 17.3 Å². The third kappa shape index (κ3) is 8.90. The first-order chi connectivity index (χ1) is 18.3. The van der Waals surface area contributed by atoms with E-state index in [-0.39, 0.29) is 18.3 Å². The van der Waals surface area contributed by atoms with Gasteiger partial charge in [0.25, 0.3) is 5.91 Å². The fourth-order valence-corrected chi connectivity index (χ4v) is 5.20. The number of sulfone groups is 1. The van der Waals surface area contributed by atoms with Gasteiger partial charge in [0.15, 0.2) is 9.84 Å². The zero-order valence-electron chi connectivity index (χ0n) is 22.0. The fraction of sp³-hybridized carbons (Fsp3) is 0.393. The van der Waals surface area contributed by atoms with Gasteiger partial charge in [-0.05, 0) is 80.7 Å². The van der Waals surface area contributed by atoms with E-state index in [4.69, 9.17) is 0 Å². The molecule has 1 aromatic heterocycles. The smallest absolute Gasteiger partial charge is 0.256 e. The van der Waals surface area contributed by atoms with E-state index >= 15 is 0 Å². The van der Waals surface area contributed by atoms with Crippen LogP contribution in [0.2, 0.25) is 0 Å². The molecule has 0 aliphatic heterocycles. The number of carbonyl (C=O) groups excluding carboxylic acids is 1. The third-order valence-corrected chi connectivity index (χ3v) is 7.90. The summed E-state index contributed by atoms with van der Waals surface area (Å²) in [5.74, 6) is 0.113. The number of anilines is 3. The summed E-state index contributed by atoms with van der Waals surface area (Å²) in [6.45, 7) is 5.67. The maximum absolute atomic E-state index is 12.6. The lowest BCUT2D eigenvalue weighted by atomic mass is 10.0. The number of unbranched alkanes of at least 4 members (excludes halogenated alkanes) is 3. The number of carbonyl (C=O) groups is 1. The molecule has 0 unspecified atom stereocenters. The second-order valence-corrected chi connectivity index (χ2v) is 11.3. The Morgan fingerprint density at radius 3 is 2.26 bits per heavy atom. The van der Waals surface area contributed by atoms with E-state index in [2.05, 4.69) is 32.8 Å². The maximum Gasteiger partial charge on any atom is 0.256 e. The second kappa shape index (κ2) is 14.6. The highest BCUT2D eigenvalue weighted by molar-refractivity contribution is 7.91. The highest BCUT2D eigenvalue weighted by Crippen LogP contribution is 2.19. The van der Waals surface area contributed by atoms with Gasteiger partial charge in [-0.3, -0.25) is 4.79 Å². The monoisotopic (exact) mass is 539 g/mol. The number of rotatable bonds is 15. The minimum atomic E-state index is -3.34. The molecule has 1 amide bonds. The van der Waals surface area contributed by atoms with Gasteiger partial charge in [0.05, 0.1) is 35.3 Å². The van der Waals surface area contributed by atoms with Gasteiger partial charge in [0.1, 0.15) is 0 Å². The van der Waals surface area contributed by atoms with E-state index in [0.29, 0.717) is 39.8 Å². The number of benzene rings is 2. The summed E-state index contributed by atoms with van der Waals surface area (Å²) in [5.41, 5.74) is 2.98. The minimum absolute atomic E-state index is 0.122. The van der Waals surface area contributed by atoms with Gasteiger partial charge >= 0.3 is 0 Å². The van der Waals surface area contributed by atoms with E-state index in [1.807, 2.05) is 6.92 Å². The quantitative estimate of drug-likeness (QED) is 0.206. The van der Waals surface area contributed by atoms with Crippen LogP contribution in [-0.4, -0.2) is 48.2 Å². The van der Waals surface area contributed by atoms with E-state index in [1.54, 1.807) is 42.5 Å². The highest BCUT2D eigenvalue weighted by atomic mass is 32.2. The Balaban J connectivity index is 1.49. The van der Waals surface area contributed by atoms with Crippen LogP contribution in [0.5, 0.6) is 0 Å². The molecule has 4 N–H and O–H groups in total. The standard InChI is InChI=1S/C28H37N5O4S/c1-3-4-5-14-29-15-6-7-16-38(36,37)25-12-10-23(11-13-25)33-28-30-18-24(19-31-28)32-27(35)26-17-22(20-34)9-8-21(26)2/h8-13,17-19,29,34H,3-7,14-16,20H2,1-2H3,(H,32,35)(H,30,31,33). The van der Waals surface area contributed by atoms with Gasteiger partial charge in [-0.1, -0.05) is 31.9 Å². The Hall–Kier alpha value is -3.34. The summed E-state index contributed by atoms with van der Waals surface area (Å²) in [6.07, 6.45) is 7.97. The van der Waals surface area contributed by atoms with Crippen LogP contribution in [0.25, 0.3) is 0 Å². The summed E-state index contributed by atoms with van der Waals surface area (Å²) in [6, 6.07) is 11.7. The van der Waals surface area contributed by atoms with Gasteiger partial charge in [-0.25, -0.2) is 18.4 Å². The van der Waals surface area contributed by atoms with E-state index in [9.17, 15) is 18.3 Å².